The van der Waals surface area contributed by atoms with E-state index in [9.17, 15) is 4.79 Å². The first-order valence-electron chi connectivity index (χ1n) is 8.01. The largest absolute Gasteiger partial charge is 0.383 e. The van der Waals surface area contributed by atoms with Crippen molar-refractivity contribution < 1.29 is 14.3 Å². The highest BCUT2D eigenvalue weighted by Crippen LogP contribution is 2.22. The second kappa shape index (κ2) is 8.17. The Kier molecular flexibility index (Phi) is 6.50. The highest BCUT2D eigenvalue weighted by Gasteiger charge is 2.26. The summed E-state index contributed by atoms with van der Waals surface area (Å²) in [5.41, 5.74) is 2.13. The minimum absolute atomic E-state index is 0.0980. The number of nitrogens with zero attached hydrogens (tertiary/aromatic N) is 3. The van der Waals surface area contributed by atoms with Crippen LogP contribution in [0.1, 0.15) is 25.2 Å². The van der Waals surface area contributed by atoms with Gasteiger partial charge in [-0.1, -0.05) is 11.8 Å². The molecule has 0 saturated carbocycles. The van der Waals surface area contributed by atoms with E-state index in [4.69, 9.17) is 9.47 Å². The normalized spacial score (nSPS) is 21.7. The first-order chi connectivity index (χ1) is 10.9. The smallest absolute Gasteiger partial charge is 0.233 e. The Morgan fingerprint density at radius 1 is 1.35 bits per heavy atom. The van der Waals surface area contributed by atoms with E-state index in [-0.39, 0.29) is 18.1 Å². The number of amides is 1. The molecule has 1 aromatic heterocycles. The van der Waals surface area contributed by atoms with E-state index in [2.05, 4.69) is 16.5 Å². The minimum atomic E-state index is 0.0980. The van der Waals surface area contributed by atoms with Crippen molar-refractivity contribution >= 4 is 17.7 Å². The molecule has 1 aromatic rings. The van der Waals surface area contributed by atoms with Crippen LogP contribution in [0, 0.1) is 13.8 Å². The van der Waals surface area contributed by atoms with Crippen molar-refractivity contribution in [2.24, 2.45) is 0 Å². The summed E-state index contributed by atoms with van der Waals surface area (Å²) in [6, 6.07) is 0. The summed E-state index contributed by atoms with van der Waals surface area (Å²) in [6.45, 7) is 10.8. The number of ether oxygens (including phenoxy) is 2. The number of rotatable bonds is 6. The first kappa shape index (κ1) is 18.3. The van der Waals surface area contributed by atoms with E-state index >= 15 is 0 Å². The van der Waals surface area contributed by atoms with Crippen molar-refractivity contribution in [1.29, 1.82) is 0 Å². The van der Waals surface area contributed by atoms with Crippen LogP contribution < -0.4 is 0 Å². The van der Waals surface area contributed by atoms with E-state index in [1.54, 1.807) is 7.11 Å². The van der Waals surface area contributed by atoms with Crippen LogP contribution in [0.4, 0.5) is 0 Å². The molecule has 1 aliphatic heterocycles. The Balaban J connectivity index is 1.97. The predicted molar refractivity (Wildman–Crippen MR) is 90.9 cm³/mol. The molecule has 130 valence electrons. The molecule has 23 heavy (non-hydrogen) atoms. The quantitative estimate of drug-likeness (QED) is 0.740. The number of morpholine rings is 1. The molecule has 1 saturated heterocycles. The maximum Gasteiger partial charge on any atom is 0.233 e. The van der Waals surface area contributed by atoms with Crippen LogP contribution >= 0.6 is 11.8 Å². The second-order valence-electron chi connectivity index (χ2n) is 6.05. The van der Waals surface area contributed by atoms with Crippen LogP contribution in [0.5, 0.6) is 0 Å². The lowest BCUT2D eigenvalue weighted by Crippen LogP contribution is -2.48. The monoisotopic (exact) mass is 341 g/mol. The summed E-state index contributed by atoms with van der Waals surface area (Å²) in [7, 11) is 1.69. The number of carbonyl (C=O) groups excluding carboxylic acids is 1. The van der Waals surface area contributed by atoms with Crippen molar-refractivity contribution in [3.05, 3.63) is 11.4 Å². The van der Waals surface area contributed by atoms with Crippen LogP contribution in [0.15, 0.2) is 5.16 Å². The lowest BCUT2D eigenvalue weighted by atomic mass is 10.2. The van der Waals surface area contributed by atoms with Crippen molar-refractivity contribution in [2.75, 3.05) is 32.6 Å². The molecule has 2 rings (SSSR count). The van der Waals surface area contributed by atoms with Crippen molar-refractivity contribution in [2.45, 2.75) is 51.6 Å². The highest BCUT2D eigenvalue weighted by atomic mass is 32.2. The van der Waals surface area contributed by atoms with Crippen molar-refractivity contribution in [3.63, 3.8) is 0 Å². The lowest BCUT2D eigenvalue weighted by Gasteiger charge is -2.35. The van der Waals surface area contributed by atoms with Gasteiger partial charge in [-0.05, 0) is 27.7 Å². The molecule has 1 fully saturated rings. The van der Waals surface area contributed by atoms with Gasteiger partial charge in [0, 0.05) is 32.4 Å². The number of hydrogen-bond donors (Lipinski definition) is 0. The van der Waals surface area contributed by atoms with E-state index in [0.717, 1.165) is 23.1 Å². The van der Waals surface area contributed by atoms with Crippen LogP contribution in [0.25, 0.3) is 0 Å². The summed E-state index contributed by atoms with van der Waals surface area (Å²) >= 11 is 1.50. The third-order valence-corrected chi connectivity index (χ3v) is 5.00. The number of methoxy groups -OCH3 is 1. The second-order valence-corrected chi connectivity index (χ2v) is 7.00. The van der Waals surface area contributed by atoms with Gasteiger partial charge in [0.05, 0.1) is 30.3 Å². The molecule has 0 N–H and O–H groups in total. The first-order valence-corrected chi connectivity index (χ1v) is 8.99. The van der Waals surface area contributed by atoms with E-state index in [0.29, 0.717) is 25.4 Å². The zero-order chi connectivity index (χ0) is 17.0. The lowest BCUT2D eigenvalue weighted by molar-refractivity contribution is -0.140. The van der Waals surface area contributed by atoms with Gasteiger partial charge < -0.3 is 18.9 Å². The molecule has 7 heteroatoms. The average Bonchev–Trinajstić information content (AvgIpc) is 2.76. The van der Waals surface area contributed by atoms with Gasteiger partial charge >= 0.3 is 0 Å². The van der Waals surface area contributed by atoms with E-state index in [1.165, 1.54) is 11.8 Å². The molecule has 1 amide bonds. The Bertz CT molecular complexity index is 537. The minimum Gasteiger partial charge on any atom is -0.383 e. The van der Waals surface area contributed by atoms with Gasteiger partial charge in [-0.15, -0.1) is 0 Å². The number of hydrogen-bond acceptors (Lipinski definition) is 5. The maximum absolute atomic E-state index is 12.5. The molecule has 0 radical (unpaired) electrons. The van der Waals surface area contributed by atoms with Gasteiger partial charge in [0.25, 0.3) is 0 Å². The zero-order valence-electron chi connectivity index (χ0n) is 14.7. The van der Waals surface area contributed by atoms with Crippen molar-refractivity contribution in [3.8, 4) is 0 Å². The molecule has 2 heterocycles. The van der Waals surface area contributed by atoms with Crippen LogP contribution in [0.3, 0.4) is 0 Å². The topological polar surface area (TPSA) is 56.6 Å². The molecular formula is C16H27N3O3S. The highest BCUT2D eigenvalue weighted by molar-refractivity contribution is 7.99. The fraction of sp³-hybridized carbons (Fsp3) is 0.750. The van der Waals surface area contributed by atoms with Gasteiger partial charge in [0.15, 0.2) is 5.16 Å². The van der Waals surface area contributed by atoms with Gasteiger partial charge in [0.1, 0.15) is 0 Å². The third-order valence-electron chi connectivity index (χ3n) is 4.04. The van der Waals surface area contributed by atoms with E-state index < -0.39 is 0 Å². The molecule has 0 aliphatic carbocycles. The summed E-state index contributed by atoms with van der Waals surface area (Å²) < 4.78 is 13.0. The number of imidazole rings is 1. The van der Waals surface area contributed by atoms with Gasteiger partial charge in [-0.3, -0.25) is 4.79 Å². The Hall–Kier alpha value is -1.05. The van der Waals surface area contributed by atoms with Crippen LogP contribution in [0.2, 0.25) is 0 Å². The molecular weight excluding hydrogens is 314 g/mol. The number of carbonyl (C=O) groups is 1. The zero-order valence-corrected chi connectivity index (χ0v) is 15.5. The van der Waals surface area contributed by atoms with Gasteiger partial charge in [-0.25, -0.2) is 4.98 Å². The van der Waals surface area contributed by atoms with Crippen LogP contribution in [-0.4, -0.2) is 65.1 Å². The maximum atomic E-state index is 12.5. The Morgan fingerprint density at radius 2 is 2.00 bits per heavy atom. The molecule has 1 aliphatic rings. The van der Waals surface area contributed by atoms with Gasteiger partial charge in [0.2, 0.25) is 5.91 Å². The molecule has 6 nitrogen and oxygen atoms in total. The molecule has 2 atom stereocenters. The fourth-order valence-electron chi connectivity index (χ4n) is 2.78. The molecule has 0 aromatic carbocycles. The Morgan fingerprint density at radius 3 is 2.61 bits per heavy atom. The SMILES string of the molecule is COCCn1c(SCC(=O)N2CC(C)OC(C)C2)nc(C)c1C. The fourth-order valence-corrected chi connectivity index (χ4v) is 3.80. The summed E-state index contributed by atoms with van der Waals surface area (Å²) in [4.78, 5) is 18.9. The molecule has 0 bridgehead atoms. The third kappa shape index (κ3) is 4.71. The number of aromatic nitrogens is 2. The summed E-state index contributed by atoms with van der Waals surface area (Å²) in [5, 5.41) is 0.889. The Labute approximate surface area is 142 Å². The molecule has 0 spiro atoms. The number of thioether (sulfide) groups is 1. The molecule has 2 unspecified atom stereocenters. The van der Waals surface area contributed by atoms with Crippen molar-refractivity contribution in [1.82, 2.24) is 14.5 Å². The summed E-state index contributed by atoms with van der Waals surface area (Å²) in [6.07, 6.45) is 0.196. The van der Waals surface area contributed by atoms with Gasteiger partial charge in [-0.2, -0.15) is 0 Å². The average molecular weight is 341 g/mol. The summed E-state index contributed by atoms with van der Waals surface area (Å²) in [5.74, 6) is 0.552. The standard InChI is InChI=1S/C16H27N3O3S/c1-11-8-18(9-12(2)22-11)15(20)10-23-16-17-13(3)14(4)19(16)6-7-21-5/h11-12H,6-10H2,1-5H3. The van der Waals surface area contributed by atoms with Crippen LogP contribution in [-0.2, 0) is 20.8 Å². The predicted octanol–water partition coefficient (Wildman–Crippen LogP) is 1.87. The van der Waals surface area contributed by atoms with E-state index in [1.807, 2.05) is 25.7 Å². The number of aryl methyl sites for hydroxylation is 1.